The number of hydrogen-bond acceptors (Lipinski definition) is 4. The monoisotopic (exact) mass is 398 g/mol. The molecular weight excluding hydrogens is 374 g/mol. The Labute approximate surface area is 168 Å². The molecule has 0 spiro atoms. The summed E-state index contributed by atoms with van der Waals surface area (Å²) in [5.41, 5.74) is 1.32. The summed E-state index contributed by atoms with van der Waals surface area (Å²) in [7, 11) is 0. The average Bonchev–Trinajstić information content (AvgIpc) is 2.72. The van der Waals surface area contributed by atoms with Crippen LogP contribution >= 0.6 is 0 Å². The zero-order chi connectivity index (χ0) is 20.0. The summed E-state index contributed by atoms with van der Waals surface area (Å²) >= 11 is 0. The Bertz CT molecular complexity index is 889. The molecule has 0 saturated carbocycles. The number of halogens is 2. The molecule has 1 aromatic carbocycles. The number of rotatable bonds is 2. The van der Waals surface area contributed by atoms with Crippen LogP contribution in [-0.4, -0.2) is 51.6 Å². The lowest BCUT2D eigenvalue weighted by Crippen LogP contribution is -2.60. The highest BCUT2D eigenvalue weighted by molar-refractivity contribution is 5.93. The van der Waals surface area contributed by atoms with E-state index in [-0.39, 0.29) is 11.9 Å². The van der Waals surface area contributed by atoms with Gasteiger partial charge in [0.05, 0.1) is 18.0 Å². The third kappa shape index (κ3) is 3.52. The zero-order valence-corrected chi connectivity index (χ0v) is 16.2. The second-order valence-electron chi connectivity index (χ2n) is 8.62. The Balaban J connectivity index is 1.37. The first kappa shape index (κ1) is 18.6. The first-order valence-corrected chi connectivity index (χ1v) is 10.4. The van der Waals surface area contributed by atoms with E-state index in [4.69, 9.17) is 0 Å². The van der Waals surface area contributed by atoms with Gasteiger partial charge < -0.3 is 4.90 Å². The topological polar surface area (TPSA) is 49.3 Å². The number of hydrogen-bond donors (Lipinski definition) is 0. The largest absolute Gasteiger partial charge is 0.338 e. The van der Waals surface area contributed by atoms with Gasteiger partial charge in [0.2, 0.25) is 0 Å². The zero-order valence-electron chi connectivity index (χ0n) is 16.2. The Morgan fingerprint density at radius 2 is 1.86 bits per heavy atom. The maximum absolute atomic E-state index is 13.8. The Kier molecular flexibility index (Phi) is 4.78. The van der Waals surface area contributed by atoms with Gasteiger partial charge in [-0.1, -0.05) is 0 Å². The molecule has 3 aliphatic rings. The normalized spacial score (nSPS) is 29.4. The first-order valence-electron chi connectivity index (χ1n) is 10.4. The third-order valence-corrected chi connectivity index (χ3v) is 6.77. The van der Waals surface area contributed by atoms with Crippen molar-refractivity contribution in [1.82, 2.24) is 20.0 Å². The van der Waals surface area contributed by atoms with Gasteiger partial charge in [-0.2, -0.15) is 10.2 Å². The minimum atomic E-state index is -0.512. The Morgan fingerprint density at radius 3 is 2.62 bits per heavy atom. The van der Waals surface area contributed by atoms with E-state index < -0.39 is 11.6 Å². The molecule has 0 unspecified atom stereocenters. The molecule has 3 saturated heterocycles. The fraction of sp³-hybridized carbons (Fsp3) is 0.500. The van der Waals surface area contributed by atoms with Gasteiger partial charge in [0, 0.05) is 37.8 Å². The number of fused-ring (bicyclic) bond motifs is 4. The fourth-order valence-corrected chi connectivity index (χ4v) is 5.70. The average molecular weight is 398 g/mol. The predicted octanol–water partition coefficient (Wildman–Crippen LogP) is 3.44. The van der Waals surface area contributed by atoms with E-state index in [1.165, 1.54) is 18.3 Å². The molecule has 5 nitrogen and oxygen atoms in total. The number of carbonyl (C=O) groups is 1. The van der Waals surface area contributed by atoms with Crippen LogP contribution in [0.25, 0.3) is 0 Å². The van der Waals surface area contributed by atoms with Gasteiger partial charge in [0.15, 0.2) is 0 Å². The summed E-state index contributed by atoms with van der Waals surface area (Å²) in [5.74, 6) is -0.239. The highest BCUT2D eigenvalue weighted by atomic mass is 19.1. The van der Waals surface area contributed by atoms with E-state index in [1.54, 1.807) is 12.3 Å². The minimum Gasteiger partial charge on any atom is -0.338 e. The smallest absolute Gasteiger partial charge is 0.255 e. The molecule has 152 valence electrons. The molecule has 5 rings (SSSR count). The van der Waals surface area contributed by atoms with Crippen LogP contribution in [0, 0.1) is 23.5 Å². The fourth-order valence-electron chi connectivity index (χ4n) is 5.70. The van der Waals surface area contributed by atoms with Crippen molar-refractivity contribution in [2.24, 2.45) is 11.8 Å². The Hall–Kier alpha value is -2.41. The molecular formula is C22H24F2N4O. The van der Waals surface area contributed by atoms with Crippen LogP contribution in [0.15, 0.2) is 36.7 Å². The highest BCUT2D eigenvalue weighted by Gasteiger charge is 2.45. The summed E-state index contributed by atoms with van der Waals surface area (Å²) in [5, 5.41) is 7.58. The Morgan fingerprint density at radius 1 is 1.03 bits per heavy atom. The second kappa shape index (κ2) is 7.44. The number of amides is 1. The van der Waals surface area contributed by atoms with Crippen molar-refractivity contribution in [3.8, 4) is 0 Å². The van der Waals surface area contributed by atoms with Gasteiger partial charge in [-0.05, 0) is 61.3 Å². The lowest BCUT2D eigenvalue weighted by atomic mass is 9.74. The number of nitrogens with zero attached hydrogens (tertiary/aromatic N) is 4. The maximum Gasteiger partial charge on any atom is 0.255 e. The van der Waals surface area contributed by atoms with Crippen molar-refractivity contribution in [3.05, 3.63) is 59.4 Å². The van der Waals surface area contributed by atoms with Gasteiger partial charge in [-0.25, -0.2) is 8.78 Å². The minimum absolute atomic E-state index is 0.0163. The second-order valence-corrected chi connectivity index (χ2v) is 8.62. The van der Waals surface area contributed by atoms with Gasteiger partial charge >= 0.3 is 0 Å². The predicted molar refractivity (Wildman–Crippen MR) is 103 cm³/mol. The number of aromatic nitrogens is 2. The van der Waals surface area contributed by atoms with Crippen LogP contribution in [0.1, 0.15) is 47.6 Å². The molecule has 1 aromatic heterocycles. The van der Waals surface area contributed by atoms with Crippen molar-refractivity contribution < 1.29 is 13.6 Å². The summed E-state index contributed by atoms with van der Waals surface area (Å²) < 4.78 is 27.7. The number of benzene rings is 1. The summed E-state index contributed by atoms with van der Waals surface area (Å²) in [4.78, 5) is 17.3. The van der Waals surface area contributed by atoms with Gasteiger partial charge in [0.25, 0.3) is 5.91 Å². The lowest BCUT2D eigenvalue weighted by Gasteiger charge is -2.55. The van der Waals surface area contributed by atoms with Crippen LogP contribution < -0.4 is 0 Å². The highest BCUT2D eigenvalue weighted by Crippen LogP contribution is 2.44. The molecule has 4 heterocycles. The lowest BCUT2D eigenvalue weighted by molar-refractivity contribution is -0.0512. The standard InChI is InChI=1S/C22H24F2N4O/c23-18-7-16(8-19(24)9-18)20-2-1-3-21-17-6-14(12-28(20)21)11-27(13-17)22(29)15-4-5-25-26-10-15/h4-5,7-10,14,17,20-21H,1-3,6,11-13H2/t14-,17+,20+,21-/m0/s1. The van der Waals surface area contributed by atoms with E-state index in [0.717, 1.165) is 50.4 Å². The quantitative estimate of drug-likeness (QED) is 0.778. The molecule has 7 heteroatoms. The maximum atomic E-state index is 13.8. The molecule has 0 radical (unpaired) electrons. The number of likely N-dealkylation sites (tertiary alicyclic amines) is 1. The van der Waals surface area contributed by atoms with Crippen molar-refractivity contribution in [2.75, 3.05) is 19.6 Å². The summed E-state index contributed by atoms with van der Waals surface area (Å²) in [6, 6.07) is 6.01. The van der Waals surface area contributed by atoms with Crippen molar-refractivity contribution in [1.29, 1.82) is 0 Å². The third-order valence-electron chi connectivity index (χ3n) is 6.77. The number of piperidine rings is 3. The molecule has 3 aliphatic heterocycles. The molecule has 4 atom stereocenters. The van der Waals surface area contributed by atoms with Crippen molar-refractivity contribution >= 4 is 5.91 Å². The van der Waals surface area contributed by atoms with Crippen molar-refractivity contribution in [3.63, 3.8) is 0 Å². The van der Waals surface area contributed by atoms with Crippen LogP contribution in [0.5, 0.6) is 0 Å². The SMILES string of the molecule is O=C(c1ccnnc1)N1C[C@@H]2C[C@H](C1)[C@@H]1CCC[C@H](c3cc(F)cc(F)c3)N1C2. The van der Waals surface area contributed by atoms with E-state index in [1.807, 2.05) is 4.90 Å². The molecule has 0 N–H and O–H groups in total. The molecule has 1 amide bonds. The van der Waals surface area contributed by atoms with Crippen LogP contribution in [0.4, 0.5) is 8.78 Å². The molecule has 29 heavy (non-hydrogen) atoms. The van der Waals surface area contributed by atoms with E-state index in [9.17, 15) is 13.6 Å². The molecule has 2 aromatic rings. The van der Waals surface area contributed by atoms with Gasteiger partial charge in [-0.3, -0.25) is 9.69 Å². The van der Waals surface area contributed by atoms with E-state index in [0.29, 0.717) is 30.0 Å². The van der Waals surface area contributed by atoms with Gasteiger partial charge in [-0.15, -0.1) is 0 Å². The van der Waals surface area contributed by atoms with Crippen molar-refractivity contribution in [2.45, 2.75) is 37.8 Å². The van der Waals surface area contributed by atoms with Crippen LogP contribution in [0.2, 0.25) is 0 Å². The summed E-state index contributed by atoms with van der Waals surface area (Å²) in [6.07, 6.45) is 7.21. The number of carbonyl (C=O) groups excluding carboxylic acids is 1. The molecule has 3 fully saturated rings. The van der Waals surface area contributed by atoms with Gasteiger partial charge in [0.1, 0.15) is 11.6 Å². The molecule has 2 bridgehead atoms. The van der Waals surface area contributed by atoms with Crippen LogP contribution in [0.3, 0.4) is 0 Å². The van der Waals surface area contributed by atoms with E-state index in [2.05, 4.69) is 15.1 Å². The molecule has 0 aliphatic carbocycles. The van der Waals surface area contributed by atoms with Crippen LogP contribution in [-0.2, 0) is 0 Å². The summed E-state index contributed by atoms with van der Waals surface area (Å²) in [6.45, 7) is 2.30. The van der Waals surface area contributed by atoms with E-state index >= 15 is 0 Å². The first-order chi connectivity index (χ1) is 14.1.